The normalized spacial score (nSPS) is 11.1. The lowest BCUT2D eigenvalue weighted by atomic mass is 10.1. The summed E-state index contributed by atoms with van der Waals surface area (Å²) in [5, 5.41) is 0.375. The molecule has 0 aliphatic carbocycles. The summed E-state index contributed by atoms with van der Waals surface area (Å²) in [5.74, 6) is 0.113. The SMILES string of the molecule is Cc1cc(C(=O)NNC(=O)Cc2ccc(NS(=O)(=O)c3ccc(Cl)c(Cl)c3)cc2)c(C)o1. The number of hydrogen-bond donors (Lipinski definition) is 3. The van der Waals surface area contributed by atoms with Crippen molar-refractivity contribution in [3.63, 3.8) is 0 Å². The van der Waals surface area contributed by atoms with E-state index in [4.69, 9.17) is 27.6 Å². The first-order valence-corrected chi connectivity index (χ1v) is 11.5. The largest absolute Gasteiger partial charge is 0.466 e. The van der Waals surface area contributed by atoms with Crippen LogP contribution in [0.4, 0.5) is 5.69 Å². The number of furan rings is 1. The minimum Gasteiger partial charge on any atom is -0.466 e. The molecule has 1 heterocycles. The number of carbonyl (C=O) groups is 2. The number of carbonyl (C=O) groups excluding carboxylic acids is 2. The number of hydrogen-bond acceptors (Lipinski definition) is 5. The molecule has 0 saturated carbocycles. The molecule has 2 amide bonds. The number of nitrogens with one attached hydrogen (secondary N) is 3. The van der Waals surface area contributed by atoms with Crippen molar-refractivity contribution in [1.29, 1.82) is 0 Å². The van der Waals surface area contributed by atoms with Crippen LogP contribution >= 0.6 is 23.2 Å². The van der Waals surface area contributed by atoms with Gasteiger partial charge in [-0.2, -0.15) is 0 Å². The van der Waals surface area contributed by atoms with Crippen LogP contribution in [0.5, 0.6) is 0 Å². The standard InChI is InChI=1S/C21H19Cl2N3O5S/c1-12-9-17(13(2)31-12)21(28)25-24-20(27)10-14-3-5-15(6-4-14)26-32(29,30)16-7-8-18(22)19(23)11-16/h3-9,11,26H,10H2,1-2H3,(H,24,27)(H,25,28). The van der Waals surface area contributed by atoms with Crippen molar-refractivity contribution in [2.75, 3.05) is 4.72 Å². The third-order valence-electron chi connectivity index (χ3n) is 4.37. The highest BCUT2D eigenvalue weighted by molar-refractivity contribution is 7.92. The number of sulfonamides is 1. The molecule has 0 aliphatic rings. The molecule has 0 saturated heterocycles. The van der Waals surface area contributed by atoms with E-state index >= 15 is 0 Å². The summed E-state index contributed by atoms with van der Waals surface area (Å²) in [6, 6.07) is 11.8. The molecule has 32 heavy (non-hydrogen) atoms. The second-order valence-corrected chi connectivity index (χ2v) is 9.38. The minimum atomic E-state index is -3.86. The Morgan fingerprint density at radius 3 is 2.22 bits per heavy atom. The van der Waals surface area contributed by atoms with Crippen molar-refractivity contribution >= 4 is 50.7 Å². The van der Waals surface area contributed by atoms with Crippen LogP contribution in [0.2, 0.25) is 10.0 Å². The number of anilines is 1. The van der Waals surface area contributed by atoms with Crippen molar-refractivity contribution in [1.82, 2.24) is 10.9 Å². The van der Waals surface area contributed by atoms with Crippen molar-refractivity contribution in [2.24, 2.45) is 0 Å². The number of halogens is 2. The minimum absolute atomic E-state index is 0.0243. The van der Waals surface area contributed by atoms with Crippen molar-refractivity contribution in [3.8, 4) is 0 Å². The molecule has 0 fully saturated rings. The van der Waals surface area contributed by atoms with Crippen LogP contribution < -0.4 is 15.6 Å². The third-order valence-corrected chi connectivity index (χ3v) is 6.49. The smallest absolute Gasteiger partial charge is 0.273 e. The summed E-state index contributed by atoms with van der Waals surface area (Å²) in [6.07, 6.45) is -0.0243. The first-order chi connectivity index (χ1) is 15.0. The van der Waals surface area contributed by atoms with Crippen LogP contribution in [0, 0.1) is 13.8 Å². The maximum absolute atomic E-state index is 12.5. The number of hydrazine groups is 1. The van der Waals surface area contributed by atoms with E-state index in [-0.39, 0.29) is 21.4 Å². The first kappa shape index (κ1) is 23.6. The lowest BCUT2D eigenvalue weighted by Crippen LogP contribution is -2.42. The number of benzene rings is 2. The quantitative estimate of drug-likeness (QED) is 0.446. The zero-order chi connectivity index (χ0) is 23.5. The highest BCUT2D eigenvalue weighted by Crippen LogP contribution is 2.26. The fraction of sp³-hybridized carbons (Fsp3) is 0.143. The third kappa shape index (κ3) is 5.82. The Morgan fingerprint density at radius 2 is 1.62 bits per heavy atom. The van der Waals surface area contributed by atoms with Gasteiger partial charge >= 0.3 is 0 Å². The number of aryl methyl sites for hydroxylation is 2. The Bertz CT molecular complexity index is 1270. The van der Waals surface area contributed by atoms with Gasteiger partial charge in [-0.1, -0.05) is 35.3 Å². The lowest BCUT2D eigenvalue weighted by Gasteiger charge is -2.10. The van der Waals surface area contributed by atoms with Gasteiger partial charge in [0.15, 0.2) is 0 Å². The van der Waals surface area contributed by atoms with Crippen molar-refractivity contribution in [2.45, 2.75) is 25.2 Å². The Kier molecular flexibility index (Phi) is 7.12. The zero-order valence-electron chi connectivity index (χ0n) is 17.0. The molecule has 168 valence electrons. The first-order valence-electron chi connectivity index (χ1n) is 9.28. The van der Waals surface area contributed by atoms with E-state index in [2.05, 4.69) is 15.6 Å². The molecular weight excluding hydrogens is 477 g/mol. The lowest BCUT2D eigenvalue weighted by molar-refractivity contribution is -0.121. The van der Waals surface area contributed by atoms with Gasteiger partial charge in [0.1, 0.15) is 11.5 Å². The molecule has 11 heteroatoms. The molecule has 3 rings (SSSR count). The predicted molar refractivity (Wildman–Crippen MR) is 121 cm³/mol. The molecule has 0 aliphatic heterocycles. The molecule has 0 atom stereocenters. The average Bonchev–Trinajstić information content (AvgIpc) is 3.07. The molecule has 0 spiro atoms. The van der Waals surface area contributed by atoms with Crippen LogP contribution in [-0.2, 0) is 21.2 Å². The number of rotatable bonds is 6. The van der Waals surface area contributed by atoms with E-state index in [0.717, 1.165) is 0 Å². The van der Waals surface area contributed by atoms with Crippen LogP contribution in [0.25, 0.3) is 0 Å². The second-order valence-electron chi connectivity index (χ2n) is 6.88. The molecule has 3 N–H and O–H groups in total. The summed E-state index contributed by atoms with van der Waals surface area (Å²) >= 11 is 11.7. The highest BCUT2D eigenvalue weighted by atomic mass is 35.5. The van der Waals surface area contributed by atoms with E-state index in [1.807, 2.05) is 0 Å². The second kappa shape index (κ2) is 9.64. The molecule has 8 nitrogen and oxygen atoms in total. The van der Waals surface area contributed by atoms with Gasteiger partial charge in [-0.25, -0.2) is 8.42 Å². The fourth-order valence-corrected chi connectivity index (χ4v) is 4.28. The van der Waals surface area contributed by atoms with E-state index < -0.39 is 21.8 Å². The Hall–Kier alpha value is -3.01. The van der Waals surface area contributed by atoms with Gasteiger partial charge < -0.3 is 4.42 Å². The van der Waals surface area contributed by atoms with E-state index in [1.165, 1.54) is 30.3 Å². The summed E-state index contributed by atoms with van der Waals surface area (Å²) in [7, 11) is -3.86. The Labute approximate surface area is 194 Å². The molecule has 0 radical (unpaired) electrons. The van der Waals surface area contributed by atoms with Gasteiger partial charge in [0, 0.05) is 5.69 Å². The molecule has 3 aromatic rings. The predicted octanol–water partition coefficient (Wildman–Crippen LogP) is 4.01. The van der Waals surface area contributed by atoms with Crippen LogP contribution in [0.3, 0.4) is 0 Å². The molecule has 0 unspecified atom stereocenters. The van der Waals surface area contributed by atoms with E-state index in [0.29, 0.717) is 28.3 Å². The molecule has 2 aromatic carbocycles. The van der Waals surface area contributed by atoms with Crippen LogP contribution in [-0.4, -0.2) is 20.2 Å². The maximum Gasteiger partial charge on any atom is 0.273 e. The summed E-state index contributed by atoms with van der Waals surface area (Å²) in [5.41, 5.74) is 5.92. The van der Waals surface area contributed by atoms with Crippen LogP contribution in [0.15, 0.2) is 57.8 Å². The Balaban J connectivity index is 1.57. The average molecular weight is 496 g/mol. The zero-order valence-corrected chi connectivity index (χ0v) is 19.4. The van der Waals surface area contributed by atoms with Gasteiger partial charge in [0.2, 0.25) is 5.91 Å². The topological polar surface area (TPSA) is 118 Å². The number of amides is 2. The summed E-state index contributed by atoms with van der Waals surface area (Å²) in [6.45, 7) is 3.37. The van der Waals surface area contributed by atoms with Gasteiger partial charge in [-0.05, 0) is 55.8 Å². The fourth-order valence-electron chi connectivity index (χ4n) is 2.83. The maximum atomic E-state index is 12.5. The van der Waals surface area contributed by atoms with Gasteiger partial charge in [-0.15, -0.1) is 0 Å². The van der Waals surface area contributed by atoms with E-state index in [9.17, 15) is 18.0 Å². The van der Waals surface area contributed by atoms with Crippen LogP contribution in [0.1, 0.15) is 27.4 Å². The molecule has 1 aromatic heterocycles. The van der Waals surface area contributed by atoms with Crippen molar-refractivity contribution in [3.05, 3.63) is 81.2 Å². The molecule has 0 bridgehead atoms. The molecular formula is C21H19Cl2N3O5S. The highest BCUT2D eigenvalue weighted by Gasteiger charge is 2.16. The van der Waals surface area contributed by atoms with Gasteiger partial charge in [0.25, 0.3) is 15.9 Å². The monoisotopic (exact) mass is 495 g/mol. The summed E-state index contributed by atoms with van der Waals surface area (Å²) < 4.78 is 32.7. The summed E-state index contributed by atoms with van der Waals surface area (Å²) in [4.78, 5) is 24.2. The van der Waals surface area contributed by atoms with Crippen molar-refractivity contribution < 1.29 is 22.4 Å². The van der Waals surface area contributed by atoms with E-state index in [1.54, 1.807) is 32.0 Å². The van der Waals surface area contributed by atoms with Gasteiger partial charge in [0.05, 0.1) is 26.9 Å². The van der Waals surface area contributed by atoms with Gasteiger partial charge in [-0.3, -0.25) is 25.2 Å². The Morgan fingerprint density at radius 1 is 0.938 bits per heavy atom.